The van der Waals surface area contributed by atoms with Crippen LogP contribution in [-0.4, -0.2) is 20.5 Å². The number of hydrogen-bond acceptors (Lipinski definition) is 5. The van der Waals surface area contributed by atoms with Crippen LogP contribution in [-0.2, 0) is 11.3 Å². The predicted molar refractivity (Wildman–Crippen MR) is 142 cm³/mol. The van der Waals surface area contributed by atoms with Gasteiger partial charge in [0.05, 0.1) is 17.8 Å². The van der Waals surface area contributed by atoms with Crippen molar-refractivity contribution in [1.29, 1.82) is 0 Å². The summed E-state index contributed by atoms with van der Waals surface area (Å²) < 4.78 is 2.38. The minimum Gasteiger partial charge on any atom is -0.303 e. The maximum atomic E-state index is 13.7. The quantitative estimate of drug-likeness (QED) is 0.287. The first-order valence-electron chi connectivity index (χ1n) is 10.4. The van der Waals surface area contributed by atoms with Gasteiger partial charge in [-0.15, -0.1) is 5.10 Å². The van der Waals surface area contributed by atoms with E-state index in [-0.39, 0.29) is 11.5 Å². The number of amides is 1. The molecular weight excluding hydrogens is 571 g/mol. The van der Waals surface area contributed by atoms with E-state index in [1.165, 1.54) is 4.52 Å². The maximum Gasteiger partial charge on any atom is 0.291 e. The Bertz CT molecular complexity index is 1750. The number of anilines is 1. The molecule has 0 atom stereocenters. The second-order valence-electron chi connectivity index (χ2n) is 7.93. The second kappa shape index (κ2) is 8.57. The van der Waals surface area contributed by atoms with Gasteiger partial charge in [0.2, 0.25) is 4.96 Å². The van der Waals surface area contributed by atoms with Crippen LogP contribution in [0, 0.1) is 0 Å². The van der Waals surface area contributed by atoms with Crippen LogP contribution in [0.5, 0.6) is 0 Å². The van der Waals surface area contributed by atoms with Crippen molar-refractivity contribution in [1.82, 2.24) is 14.6 Å². The molecule has 0 bridgehead atoms. The van der Waals surface area contributed by atoms with E-state index < -0.39 is 0 Å². The van der Waals surface area contributed by atoms with Crippen LogP contribution >= 0.6 is 50.5 Å². The molecule has 1 aliphatic rings. The van der Waals surface area contributed by atoms with Gasteiger partial charge in [-0.3, -0.25) is 9.59 Å². The zero-order valence-electron chi connectivity index (χ0n) is 17.7. The Morgan fingerprint density at radius 3 is 2.29 bits per heavy atom. The minimum absolute atomic E-state index is 0.243. The highest BCUT2D eigenvalue weighted by molar-refractivity contribution is 9.10. The molecule has 0 N–H and O–H groups in total. The van der Waals surface area contributed by atoms with Crippen molar-refractivity contribution >= 4 is 72.6 Å². The summed E-state index contributed by atoms with van der Waals surface area (Å²) in [6, 6.07) is 20.0. The number of benzene rings is 3. The molecule has 35 heavy (non-hydrogen) atoms. The molecule has 172 valence electrons. The summed E-state index contributed by atoms with van der Waals surface area (Å²) in [7, 11) is 0. The number of thiazole rings is 1. The predicted octanol–water partition coefficient (Wildman–Crippen LogP) is 5.35. The third kappa shape index (κ3) is 3.87. The van der Waals surface area contributed by atoms with Gasteiger partial charge in [-0.1, -0.05) is 62.6 Å². The first kappa shape index (κ1) is 22.4. The lowest BCUT2D eigenvalue weighted by Gasteiger charge is -2.17. The van der Waals surface area contributed by atoms with Gasteiger partial charge in [0.1, 0.15) is 4.53 Å². The van der Waals surface area contributed by atoms with E-state index in [1.807, 2.05) is 30.3 Å². The first-order chi connectivity index (χ1) is 16.9. The highest BCUT2D eigenvalue weighted by Crippen LogP contribution is 2.38. The molecule has 0 aliphatic carbocycles. The highest BCUT2D eigenvalue weighted by Gasteiger charge is 2.34. The first-order valence-corrected chi connectivity index (χ1v) is 12.8. The molecule has 0 radical (unpaired) electrons. The third-order valence-corrected chi connectivity index (χ3v) is 7.75. The summed E-state index contributed by atoms with van der Waals surface area (Å²) in [5.41, 5.74) is 3.09. The molecule has 1 aliphatic heterocycles. The Kier molecular flexibility index (Phi) is 5.49. The van der Waals surface area contributed by atoms with Crippen LogP contribution in [0.4, 0.5) is 5.69 Å². The van der Waals surface area contributed by atoms with Gasteiger partial charge in [-0.05, 0) is 60.2 Å². The molecular formula is C25H13BrCl2N4O2S. The molecule has 10 heteroatoms. The number of hydrogen-bond donors (Lipinski definition) is 0. The van der Waals surface area contributed by atoms with Gasteiger partial charge in [-0.25, -0.2) is 0 Å². The van der Waals surface area contributed by atoms with E-state index in [4.69, 9.17) is 23.2 Å². The summed E-state index contributed by atoms with van der Waals surface area (Å²) in [6.07, 6.45) is 0. The van der Waals surface area contributed by atoms with Crippen LogP contribution in [0.1, 0.15) is 11.1 Å². The molecule has 0 fully saturated rings. The number of nitrogens with zero attached hydrogens (tertiary/aromatic N) is 4. The third-order valence-electron chi connectivity index (χ3n) is 5.72. The van der Waals surface area contributed by atoms with Gasteiger partial charge in [0, 0.05) is 25.6 Å². The number of carbonyl (C=O) groups is 1. The van der Waals surface area contributed by atoms with Crippen molar-refractivity contribution in [3.05, 3.63) is 107 Å². The van der Waals surface area contributed by atoms with E-state index in [0.29, 0.717) is 43.0 Å². The lowest BCUT2D eigenvalue weighted by Crippen LogP contribution is -2.32. The molecule has 0 saturated carbocycles. The number of rotatable bonds is 3. The number of fused-ring (bicyclic) bond motifs is 2. The van der Waals surface area contributed by atoms with Crippen molar-refractivity contribution < 1.29 is 4.79 Å². The number of aromatic nitrogens is 3. The lowest BCUT2D eigenvalue weighted by molar-refractivity contribution is -0.113. The van der Waals surface area contributed by atoms with Crippen molar-refractivity contribution in [2.24, 2.45) is 0 Å². The van der Waals surface area contributed by atoms with E-state index in [2.05, 4.69) is 26.0 Å². The van der Waals surface area contributed by atoms with Gasteiger partial charge in [0.25, 0.3) is 11.5 Å². The number of carbonyl (C=O) groups excluding carboxylic acids is 1. The summed E-state index contributed by atoms with van der Waals surface area (Å²) >= 11 is 16.6. The van der Waals surface area contributed by atoms with Crippen molar-refractivity contribution in [3.8, 4) is 11.4 Å². The molecule has 6 rings (SSSR count). The summed E-state index contributed by atoms with van der Waals surface area (Å²) in [6.45, 7) is 0.351. The lowest BCUT2D eigenvalue weighted by atomic mass is 10.1. The molecule has 3 aromatic carbocycles. The molecule has 3 heterocycles. The van der Waals surface area contributed by atoms with Crippen molar-refractivity contribution in [3.63, 3.8) is 0 Å². The summed E-state index contributed by atoms with van der Waals surface area (Å²) in [4.78, 5) is 33.7. The van der Waals surface area contributed by atoms with Crippen molar-refractivity contribution in [2.45, 2.75) is 6.54 Å². The Balaban J connectivity index is 1.50. The largest absolute Gasteiger partial charge is 0.303 e. The normalized spacial score (nSPS) is 14.7. The van der Waals surface area contributed by atoms with Crippen LogP contribution in [0.2, 0.25) is 10.0 Å². The zero-order valence-corrected chi connectivity index (χ0v) is 21.6. The van der Waals surface area contributed by atoms with Gasteiger partial charge in [0.15, 0.2) is 5.82 Å². The topological polar surface area (TPSA) is 67.6 Å². The fourth-order valence-corrected chi connectivity index (χ4v) is 5.67. The average Bonchev–Trinajstić information content (AvgIpc) is 3.47. The zero-order chi connectivity index (χ0) is 24.3. The van der Waals surface area contributed by atoms with E-state index in [1.54, 1.807) is 41.3 Å². The fourth-order valence-electron chi connectivity index (χ4n) is 4.06. The smallest absolute Gasteiger partial charge is 0.291 e. The van der Waals surface area contributed by atoms with Gasteiger partial charge < -0.3 is 4.90 Å². The average molecular weight is 584 g/mol. The minimum atomic E-state index is -0.375. The van der Waals surface area contributed by atoms with Crippen LogP contribution in [0.25, 0.3) is 21.9 Å². The molecule has 2 aromatic heterocycles. The maximum absolute atomic E-state index is 13.7. The Hall–Kier alpha value is -3.04. The Morgan fingerprint density at radius 2 is 1.60 bits per heavy atom. The standard InChI is InChI=1S/C25H13BrCl2N4O2S/c26-15-5-10-19-18(11-15)20(23(33)31(19)12-13-1-6-16(27)7-2-13)21-24(34)32-25(35-21)29-22(30-32)14-3-8-17(28)9-4-14/h1-11H,12H2. The summed E-state index contributed by atoms with van der Waals surface area (Å²) in [5, 5.41) is 5.63. The Morgan fingerprint density at radius 1 is 0.914 bits per heavy atom. The molecule has 6 nitrogen and oxygen atoms in total. The van der Waals surface area contributed by atoms with Crippen LogP contribution < -0.4 is 15.0 Å². The van der Waals surface area contributed by atoms with E-state index >= 15 is 0 Å². The highest BCUT2D eigenvalue weighted by atomic mass is 79.9. The Labute approximate surface area is 221 Å². The van der Waals surface area contributed by atoms with E-state index in [0.717, 1.165) is 32.6 Å². The SMILES string of the molecule is O=C1C(=c2sc3nc(-c4ccc(Cl)cc4)nn3c2=O)c2cc(Br)ccc2N1Cc1ccc(Cl)cc1. The second-order valence-corrected chi connectivity index (χ2v) is 10.7. The number of halogens is 3. The summed E-state index contributed by atoms with van der Waals surface area (Å²) in [5.74, 6) is 0.180. The van der Waals surface area contributed by atoms with Crippen LogP contribution in [0.15, 0.2) is 76.0 Å². The molecule has 0 spiro atoms. The molecule has 0 saturated heterocycles. The monoisotopic (exact) mass is 582 g/mol. The van der Waals surface area contributed by atoms with Gasteiger partial charge >= 0.3 is 0 Å². The molecule has 0 unspecified atom stereocenters. The molecule has 5 aromatic rings. The van der Waals surface area contributed by atoms with Crippen molar-refractivity contribution in [2.75, 3.05) is 4.90 Å². The van der Waals surface area contributed by atoms with Crippen LogP contribution in [0.3, 0.4) is 0 Å². The van der Waals surface area contributed by atoms with Gasteiger partial charge in [-0.2, -0.15) is 9.50 Å². The van der Waals surface area contributed by atoms with E-state index in [9.17, 15) is 9.59 Å². The molecule has 1 amide bonds. The fraction of sp³-hybridized carbons (Fsp3) is 0.0400.